The second kappa shape index (κ2) is 5.71. The Kier molecular flexibility index (Phi) is 3.56. The van der Waals surface area contributed by atoms with E-state index in [2.05, 4.69) is 39.7 Å². The summed E-state index contributed by atoms with van der Waals surface area (Å²) in [5, 5.41) is 8.22. The predicted octanol–water partition coefficient (Wildman–Crippen LogP) is 3.52. The topological polar surface area (TPSA) is 42.2 Å². The zero-order chi connectivity index (χ0) is 14.9. The SMILES string of the molecule is Clc1ccc2ncc(-c3ccc(C4CCNCC4)cc3)n2n1. The van der Waals surface area contributed by atoms with E-state index in [1.165, 1.54) is 18.4 Å². The molecule has 0 aliphatic carbocycles. The van der Waals surface area contributed by atoms with Crippen LogP contribution in [0.4, 0.5) is 0 Å². The second-order valence-electron chi connectivity index (χ2n) is 5.72. The van der Waals surface area contributed by atoms with Crippen molar-refractivity contribution in [1.29, 1.82) is 0 Å². The molecule has 5 heteroatoms. The van der Waals surface area contributed by atoms with Gasteiger partial charge in [0.1, 0.15) is 5.15 Å². The summed E-state index contributed by atoms with van der Waals surface area (Å²) in [6.07, 6.45) is 4.27. The average Bonchev–Trinajstić information content (AvgIpc) is 2.99. The third-order valence-electron chi connectivity index (χ3n) is 4.35. The van der Waals surface area contributed by atoms with Crippen LogP contribution in [0.3, 0.4) is 0 Å². The fourth-order valence-corrected chi connectivity index (χ4v) is 3.27. The van der Waals surface area contributed by atoms with Gasteiger partial charge in [-0.15, -0.1) is 0 Å². The lowest BCUT2D eigenvalue weighted by Crippen LogP contribution is -2.26. The molecule has 0 amide bonds. The number of halogens is 1. The maximum absolute atomic E-state index is 6.00. The molecule has 22 heavy (non-hydrogen) atoms. The first-order valence-corrected chi connectivity index (χ1v) is 8.00. The lowest BCUT2D eigenvalue weighted by Gasteiger charge is -2.23. The fraction of sp³-hybridized carbons (Fsp3) is 0.294. The third kappa shape index (κ3) is 2.49. The van der Waals surface area contributed by atoms with Gasteiger partial charge in [-0.25, -0.2) is 9.50 Å². The average molecular weight is 313 g/mol. The van der Waals surface area contributed by atoms with Crippen LogP contribution in [-0.2, 0) is 0 Å². The van der Waals surface area contributed by atoms with Crippen LogP contribution in [0.2, 0.25) is 5.15 Å². The number of nitrogens with zero attached hydrogens (tertiary/aromatic N) is 3. The number of aromatic nitrogens is 3. The standard InChI is InChI=1S/C17H17ClN4/c18-16-5-6-17-20-11-15(22(17)21-16)14-3-1-12(2-4-14)13-7-9-19-10-8-13/h1-6,11,13,19H,7-10H2. The largest absolute Gasteiger partial charge is 0.317 e. The summed E-state index contributed by atoms with van der Waals surface area (Å²) in [5.41, 5.74) is 4.31. The van der Waals surface area contributed by atoms with Crippen LogP contribution >= 0.6 is 11.6 Å². The Morgan fingerprint density at radius 1 is 1.05 bits per heavy atom. The van der Waals surface area contributed by atoms with Gasteiger partial charge in [0.15, 0.2) is 5.65 Å². The molecule has 112 valence electrons. The molecule has 1 aromatic carbocycles. The highest BCUT2D eigenvalue weighted by molar-refractivity contribution is 6.29. The van der Waals surface area contributed by atoms with Gasteiger partial charge in [0.25, 0.3) is 0 Å². The minimum Gasteiger partial charge on any atom is -0.317 e. The first-order chi connectivity index (χ1) is 10.8. The highest BCUT2D eigenvalue weighted by Gasteiger charge is 2.15. The summed E-state index contributed by atoms with van der Waals surface area (Å²) >= 11 is 6.00. The first-order valence-electron chi connectivity index (χ1n) is 7.62. The molecule has 0 saturated carbocycles. The molecule has 1 aliphatic rings. The van der Waals surface area contributed by atoms with Crippen molar-refractivity contribution in [3.8, 4) is 11.3 Å². The number of hydrogen-bond donors (Lipinski definition) is 1. The van der Waals surface area contributed by atoms with Gasteiger partial charge in [0.2, 0.25) is 0 Å². The van der Waals surface area contributed by atoms with E-state index in [0.29, 0.717) is 11.1 Å². The molecule has 1 saturated heterocycles. The van der Waals surface area contributed by atoms with Crippen LogP contribution in [0, 0.1) is 0 Å². The molecule has 0 spiro atoms. The molecule has 4 rings (SSSR count). The van der Waals surface area contributed by atoms with Crippen molar-refractivity contribution in [1.82, 2.24) is 19.9 Å². The maximum atomic E-state index is 6.00. The van der Waals surface area contributed by atoms with Crippen molar-refractivity contribution < 1.29 is 0 Å². The molecule has 0 bridgehead atoms. The molecule has 0 atom stereocenters. The van der Waals surface area contributed by atoms with E-state index in [0.717, 1.165) is 30.0 Å². The van der Waals surface area contributed by atoms with Crippen LogP contribution in [-0.4, -0.2) is 27.7 Å². The number of benzene rings is 1. The van der Waals surface area contributed by atoms with E-state index in [9.17, 15) is 0 Å². The van der Waals surface area contributed by atoms with Crippen LogP contribution in [0.1, 0.15) is 24.3 Å². The monoisotopic (exact) mass is 312 g/mol. The van der Waals surface area contributed by atoms with Gasteiger partial charge in [-0.2, -0.15) is 5.10 Å². The van der Waals surface area contributed by atoms with E-state index < -0.39 is 0 Å². The molecule has 1 fully saturated rings. The van der Waals surface area contributed by atoms with E-state index >= 15 is 0 Å². The Bertz CT molecular complexity index is 788. The number of hydrogen-bond acceptors (Lipinski definition) is 3. The van der Waals surface area contributed by atoms with Crippen molar-refractivity contribution in [3.05, 3.63) is 53.3 Å². The maximum Gasteiger partial charge on any atom is 0.154 e. The minimum absolute atomic E-state index is 0.470. The Balaban J connectivity index is 1.68. The van der Waals surface area contributed by atoms with Gasteiger partial charge in [-0.3, -0.25) is 0 Å². The normalized spacial score (nSPS) is 16.2. The van der Waals surface area contributed by atoms with E-state index in [1.807, 2.05) is 12.3 Å². The van der Waals surface area contributed by atoms with Crippen LogP contribution in [0.5, 0.6) is 0 Å². The van der Waals surface area contributed by atoms with Crippen molar-refractivity contribution in [2.75, 3.05) is 13.1 Å². The lowest BCUT2D eigenvalue weighted by atomic mass is 9.89. The summed E-state index contributed by atoms with van der Waals surface area (Å²) in [5.74, 6) is 0.671. The summed E-state index contributed by atoms with van der Waals surface area (Å²) in [6.45, 7) is 2.23. The van der Waals surface area contributed by atoms with E-state index in [1.54, 1.807) is 10.6 Å². The number of imidazole rings is 1. The molecule has 1 N–H and O–H groups in total. The Labute approximate surface area is 134 Å². The summed E-state index contributed by atoms with van der Waals surface area (Å²) in [4.78, 5) is 4.38. The molecule has 3 aromatic rings. The minimum atomic E-state index is 0.470. The molecule has 3 heterocycles. The zero-order valence-corrected chi connectivity index (χ0v) is 12.9. The smallest absolute Gasteiger partial charge is 0.154 e. The van der Waals surface area contributed by atoms with Crippen molar-refractivity contribution in [2.24, 2.45) is 0 Å². The number of fused-ring (bicyclic) bond motifs is 1. The van der Waals surface area contributed by atoms with Gasteiger partial charge in [-0.1, -0.05) is 35.9 Å². The highest BCUT2D eigenvalue weighted by Crippen LogP contribution is 2.28. The van der Waals surface area contributed by atoms with Crippen molar-refractivity contribution in [2.45, 2.75) is 18.8 Å². The van der Waals surface area contributed by atoms with Crippen LogP contribution in [0.15, 0.2) is 42.6 Å². The van der Waals surface area contributed by atoms with Crippen LogP contribution in [0.25, 0.3) is 16.9 Å². The molecule has 2 aromatic heterocycles. The Hall–Kier alpha value is -1.91. The Morgan fingerprint density at radius 2 is 1.82 bits per heavy atom. The number of nitrogens with one attached hydrogen (secondary N) is 1. The quantitative estimate of drug-likeness (QED) is 0.787. The van der Waals surface area contributed by atoms with Gasteiger partial charge >= 0.3 is 0 Å². The van der Waals surface area contributed by atoms with Gasteiger partial charge in [0, 0.05) is 5.56 Å². The number of piperidine rings is 1. The summed E-state index contributed by atoms with van der Waals surface area (Å²) in [6, 6.07) is 12.4. The third-order valence-corrected chi connectivity index (χ3v) is 4.55. The van der Waals surface area contributed by atoms with Gasteiger partial charge in [-0.05, 0) is 49.5 Å². The van der Waals surface area contributed by atoms with Crippen LogP contribution < -0.4 is 5.32 Å². The predicted molar refractivity (Wildman–Crippen MR) is 88.3 cm³/mol. The Morgan fingerprint density at radius 3 is 2.59 bits per heavy atom. The molecule has 0 unspecified atom stereocenters. The van der Waals surface area contributed by atoms with Gasteiger partial charge < -0.3 is 5.32 Å². The second-order valence-corrected chi connectivity index (χ2v) is 6.10. The van der Waals surface area contributed by atoms with Gasteiger partial charge in [0.05, 0.1) is 11.9 Å². The molecular formula is C17H17ClN4. The lowest BCUT2D eigenvalue weighted by molar-refractivity contribution is 0.460. The van der Waals surface area contributed by atoms with Crippen molar-refractivity contribution >= 4 is 17.2 Å². The van der Waals surface area contributed by atoms with E-state index in [-0.39, 0.29) is 0 Å². The number of rotatable bonds is 2. The zero-order valence-electron chi connectivity index (χ0n) is 12.2. The van der Waals surface area contributed by atoms with Crippen molar-refractivity contribution in [3.63, 3.8) is 0 Å². The summed E-state index contributed by atoms with van der Waals surface area (Å²) < 4.78 is 1.79. The molecule has 4 nitrogen and oxygen atoms in total. The summed E-state index contributed by atoms with van der Waals surface area (Å²) in [7, 11) is 0. The van der Waals surface area contributed by atoms with E-state index in [4.69, 9.17) is 11.6 Å². The first kappa shape index (κ1) is 13.7. The molecule has 1 aliphatic heterocycles. The highest BCUT2D eigenvalue weighted by atomic mass is 35.5. The molecular weight excluding hydrogens is 296 g/mol. The molecule has 0 radical (unpaired) electrons. The fourth-order valence-electron chi connectivity index (χ4n) is 3.13.